The van der Waals surface area contributed by atoms with E-state index in [2.05, 4.69) is 36.1 Å². The Morgan fingerprint density at radius 2 is 1.95 bits per heavy atom. The SMILES string of the molecule is CCCNc1cc(-c2ccc(F)cc2C)nc(C(C)C)n1. The van der Waals surface area contributed by atoms with Gasteiger partial charge in [0.2, 0.25) is 0 Å². The Hall–Kier alpha value is -1.97. The largest absolute Gasteiger partial charge is 0.370 e. The average Bonchev–Trinajstić information content (AvgIpc) is 2.44. The average molecular weight is 287 g/mol. The normalized spacial score (nSPS) is 11.0. The van der Waals surface area contributed by atoms with Crippen LogP contribution in [-0.4, -0.2) is 16.5 Å². The summed E-state index contributed by atoms with van der Waals surface area (Å²) < 4.78 is 13.3. The highest BCUT2D eigenvalue weighted by Gasteiger charge is 2.11. The number of hydrogen-bond donors (Lipinski definition) is 1. The quantitative estimate of drug-likeness (QED) is 0.877. The topological polar surface area (TPSA) is 37.8 Å². The van der Waals surface area contributed by atoms with Crippen molar-refractivity contribution in [1.82, 2.24) is 9.97 Å². The summed E-state index contributed by atoms with van der Waals surface area (Å²) in [6, 6.07) is 6.72. The third-order valence-electron chi connectivity index (χ3n) is 3.28. The lowest BCUT2D eigenvalue weighted by Crippen LogP contribution is -2.07. The van der Waals surface area contributed by atoms with Crippen molar-refractivity contribution in [2.75, 3.05) is 11.9 Å². The van der Waals surface area contributed by atoms with Crippen molar-refractivity contribution in [3.63, 3.8) is 0 Å². The van der Waals surface area contributed by atoms with Gasteiger partial charge >= 0.3 is 0 Å². The van der Waals surface area contributed by atoms with Crippen LogP contribution in [0.15, 0.2) is 24.3 Å². The van der Waals surface area contributed by atoms with Crippen LogP contribution in [0.5, 0.6) is 0 Å². The van der Waals surface area contributed by atoms with Crippen LogP contribution in [0.1, 0.15) is 44.5 Å². The molecule has 0 unspecified atom stereocenters. The standard InChI is InChI=1S/C17H22FN3/c1-5-8-19-16-10-15(20-17(21-16)11(2)3)14-7-6-13(18)9-12(14)4/h6-7,9-11H,5,8H2,1-4H3,(H,19,20,21). The molecular weight excluding hydrogens is 265 g/mol. The van der Waals surface area contributed by atoms with E-state index in [1.165, 1.54) is 12.1 Å². The first-order valence-corrected chi connectivity index (χ1v) is 7.40. The van der Waals surface area contributed by atoms with E-state index in [-0.39, 0.29) is 11.7 Å². The zero-order valence-corrected chi connectivity index (χ0v) is 13.1. The van der Waals surface area contributed by atoms with Crippen LogP contribution in [-0.2, 0) is 0 Å². The van der Waals surface area contributed by atoms with Gasteiger partial charge in [-0.1, -0.05) is 20.8 Å². The van der Waals surface area contributed by atoms with Gasteiger partial charge in [-0.3, -0.25) is 0 Å². The van der Waals surface area contributed by atoms with Crippen molar-refractivity contribution in [2.45, 2.75) is 40.0 Å². The molecule has 3 nitrogen and oxygen atoms in total. The fourth-order valence-corrected chi connectivity index (χ4v) is 2.12. The zero-order valence-electron chi connectivity index (χ0n) is 13.1. The van der Waals surface area contributed by atoms with Crippen molar-refractivity contribution < 1.29 is 4.39 Å². The summed E-state index contributed by atoms with van der Waals surface area (Å²) in [5.41, 5.74) is 2.66. The molecule has 0 fully saturated rings. The van der Waals surface area contributed by atoms with Crippen LogP contribution >= 0.6 is 0 Å². The maximum absolute atomic E-state index is 13.3. The van der Waals surface area contributed by atoms with Crippen LogP contribution in [0, 0.1) is 12.7 Å². The fourth-order valence-electron chi connectivity index (χ4n) is 2.12. The minimum Gasteiger partial charge on any atom is -0.370 e. The number of nitrogens with zero attached hydrogens (tertiary/aromatic N) is 2. The molecule has 2 aromatic rings. The van der Waals surface area contributed by atoms with Crippen molar-refractivity contribution in [3.05, 3.63) is 41.5 Å². The van der Waals surface area contributed by atoms with Gasteiger partial charge in [0.25, 0.3) is 0 Å². The highest BCUT2D eigenvalue weighted by Crippen LogP contribution is 2.26. The van der Waals surface area contributed by atoms with Gasteiger partial charge in [0.15, 0.2) is 0 Å². The van der Waals surface area contributed by atoms with E-state index in [1.54, 1.807) is 6.07 Å². The Labute approximate surface area is 125 Å². The molecule has 0 saturated heterocycles. The van der Waals surface area contributed by atoms with E-state index in [0.717, 1.165) is 41.4 Å². The Morgan fingerprint density at radius 3 is 2.57 bits per heavy atom. The van der Waals surface area contributed by atoms with E-state index in [9.17, 15) is 4.39 Å². The number of rotatable bonds is 5. The summed E-state index contributed by atoms with van der Waals surface area (Å²) in [6.45, 7) is 9.02. The molecule has 0 atom stereocenters. The van der Waals surface area contributed by atoms with Gasteiger partial charge in [-0.15, -0.1) is 0 Å². The van der Waals surface area contributed by atoms with E-state index >= 15 is 0 Å². The molecule has 0 aliphatic heterocycles. The third kappa shape index (κ3) is 3.78. The van der Waals surface area contributed by atoms with Gasteiger partial charge < -0.3 is 5.32 Å². The minimum absolute atomic E-state index is 0.223. The fraction of sp³-hybridized carbons (Fsp3) is 0.412. The molecule has 1 N–H and O–H groups in total. The number of anilines is 1. The highest BCUT2D eigenvalue weighted by molar-refractivity contribution is 5.66. The molecular formula is C17H22FN3. The van der Waals surface area contributed by atoms with Gasteiger partial charge in [-0.2, -0.15) is 0 Å². The molecule has 21 heavy (non-hydrogen) atoms. The lowest BCUT2D eigenvalue weighted by atomic mass is 10.0. The Kier molecular flexibility index (Phi) is 4.89. The third-order valence-corrected chi connectivity index (χ3v) is 3.28. The number of nitrogens with one attached hydrogen (secondary N) is 1. The molecule has 4 heteroatoms. The van der Waals surface area contributed by atoms with Crippen LogP contribution in [0.4, 0.5) is 10.2 Å². The summed E-state index contributed by atoms with van der Waals surface area (Å²) in [4.78, 5) is 9.18. The second-order valence-corrected chi connectivity index (χ2v) is 5.54. The molecule has 112 valence electrons. The molecule has 0 radical (unpaired) electrons. The molecule has 0 spiro atoms. The molecule has 0 saturated carbocycles. The van der Waals surface area contributed by atoms with Gasteiger partial charge in [0.1, 0.15) is 17.5 Å². The summed E-state index contributed by atoms with van der Waals surface area (Å²) in [7, 11) is 0. The van der Waals surface area contributed by atoms with Crippen molar-refractivity contribution in [2.24, 2.45) is 0 Å². The van der Waals surface area contributed by atoms with Crippen molar-refractivity contribution >= 4 is 5.82 Å². The lowest BCUT2D eigenvalue weighted by Gasteiger charge is -2.13. The molecule has 1 heterocycles. The number of halogens is 1. The molecule has 0 bridgehead atoms. The molecule has 1 aromatic heterocycles. The van der Waals surface area contributed by atoms with Gasteiger partial charge in [-0.25, -0.2) is 14.4 Å². The van der Waals surface area contributed by atoms with E-state index in [1.807, 2.05) is 13.0 Å². The van der Waals surface area contributed by atoms with Gasteiger partial charge in [-0.05, 0) is 37.1 Å². The van der Waals surface area contributed by atoms with Crippen LogP contribution in [0.2, 0.25) is 0 Å². The van der Waals surface area contributed by atoms with Crippen LogP contribution in [0.3, 0.4) is 0 Å². The van der Waals surface area contributed by atoms with E-state index < -0.39 is 0 Å². The number of aromatic nitrogens is 2. The van der Waals surface area contributed by atoms with E-state index in [4.69, 9.17) is 0 Å². The highest BCUT2D eigenvalue weighted by atomic mass is 19.1. The maximum Gasteiger partial charge on any atom is 0.133 e. The molecule has 2 rings (SSSR count). The monoisotopic (exact) mass is 287 g/mol. The second-order valence-electron chi connectivity index (χ2n) is 5.54. The van der Waals surface area contributed by atoms with Crippen molar-refractivity contribution in [1.29, 1.82) is 0 Å². The van der Waals surface area contributed by atoms with Gasteiger partial charge in [0.05, 0.1) is 5.69 Å². The Bertz CT molecular complexity index is 623. The first-order chi connectivity index (χ1) is 10.0. The molecule has 0 aliphatic carbocycles. The summed E-state index contributed by atoms with van der Waals surface area (Å²) in [5, 5.41) is 3.31. The number of hydrogen-bond acceptors (Lipinski definition) is 3. The smallest absolute Gasteiger partial charge is 0.133 e. The Morgan fingerprint density at radius 1 is 1.19 bits per heavy atom. The van der Waals surface area contributed by atoms with Crippen LogP contribution < -0.4 is 5.32 Å². The maximum atomic E-state index is 13.3. The molecule has 1 aromatic carbocycles. The predicted molar refractivity (Wildman–Crippen MR) is 85.0 cm³/mol. The Balaban J connectivity index is 2.48. The summed E-state index contributed by atoms with van der Waals surface area (Å²) in [5.74, 6) is 1.65. The summed E-state index contributed by atoms with van der Waals surface area (Å²) in [6.07, 6.45) is 1.03. The number of benzene rings is 1. The number of aryl methyl sites for hydroxylation is 1. The second kappa shape index (κ2) is 6.66. The summed E-state index contributed by atoms with van der Waals surface area (Å²) >= 11 is 0. The lowest BCUT2D eigenvalue weighted by molar-refractivity contribution is 0.627. The first-order valence-electron chi connectivity index (χ1n) is 7.40. The van der Waals surface area contributed by atoms with Gasteiger partial charge in [0, 0.05) is 24.1 Å². The van der Waals surface area contributed by atoms with E-state index in [0.29, 0.717) is 0 Å². The molecule has 0 aliphatic rings. The zero-order chi connectivity index (χ0) is 15.4. The predicted octanol–water partition coefficient (Wildman–Crippen LogP) is 4.54. The van der Waals surface area contributed by atoms with Crippen molar-refractivity contribution in [3.8, 4) is 11.3 Å². The molecule has 0 amide bonds. The first kappa shape index (κ1) is 15.4. The van der Waals surface area contributed by atoms with Crippen LogP contribution in [0.25, 0.3) is 11.3 Å². The minimum atomic E-state index is -0.223.